The van der Waals surface area contributed by atoms with Gasteiger partial charge in [0.05, 0.1) is 31.0 Å². The van der Waals surface area contributed by atoms with Crippen LogP contribution in [0.15, 0.2) is 6.20 Å². The Morgan fingerprint density at radius 1 is 1.35 bits per heavy atom. The summed E-state index contributed by atoms with van der Waals surface area (Å²) in [5.41, 5.74) is 0.941. The zero-order valence-electron chi connectivity index (χ0n) is 16.3. The van der Waals surface area contributed by atoms with E-state index in [2.05, 4.69) is 20.5 Å². The topological polar surface area (TPSA) is 95.8 Å². The van der Waals surface area contributed by atoms with Crippen molar-refractivity contribution in [3.8, 4) is 0 Å². The third-order valence-electron chi connectivity index (χ3n) is 4.35. The number of hydrogen-bond donors (Lipinski definition) is 2. The highest BCUT2D eigenvalue weighted by Crippen LogP contribution is 2.22. The number of rotatable bonds is 9. The third-order valence-corrected chi connectivity index (χ3v) is 4.35. The zero-order chi connectivity index (χ0) is 19.1. The fourth-order valence-electron chi connectivity index (χ4n) is 3.17. The van der Waals surface area contributed by atoms with Crippen molar-refractivity contribution in [3.05, 3.63) is 11.9 Å². The number of carbonyl (C=O) groups excluding carboxylic acids is 1. The summed E-state index contributed by atoms with van der Waals surface area (Å²) >= 11 is 0. The first-order valence-corrected chi connectivity index (χ1v) is 9.11. The van der Waals surface area contributed by atoms with Crippen molar-refractivity contribution >= 4 is 5.91 Å². The second-order valence-corrected chi connectivity index (χ2v) is 7.47. The number of nitrogens with one attached hydrogen (secondary N) is 1. The minimum atomic E-state index is -0.361. The summed E-state index contributed by atoms with van der Waals surface area (Å²) in [5, 5.41) is 20.9. The van der Waals surface area contributed by atoms with Gasteiger partial charge in [-0.15, -0.1) is 5.10 Å². The van der Waals surface area contributed by atoms with Gasteiger partial charge in [0.2, 0.25) is 5.91 Å². The predicted molar refractivity (Wildman–Crippen MR) is 97.5 cm³/mol. The molecule has 0 aromatic carbocycles. The van der Waals surface area contributed by atoms with Gasteiger partial charge < -0.3 is 25.0 Å². The monoisotopic (exact) mass is 368 g/mol. The number of aliphatic hydroxyl groups is 1. The third kappa shape index (κ3) is 6.64. The molecule has 9 heteroatoms. The van der Waals surface area contributed by atoms with Crippen LogP contribution in [0.2, 0.25) is 0 Å². The normalized spacial score (nSPS) is 23.6. The molecule has 0 bridgehead atoms. The molecule has 0 spiro atoms. The Morgan fingerprint density at radius 2 is 2.12 bits per heavy atom. The van der Waals surface area contributed by atoms with Gasteiger partial charge >= 0.3 is 0 Å². The smallest absolute Gasteiger partial charge is 0.234 e. The van der Waals surface area contributed by atoms with Crippen LogP contribution in [-0.2, 0) is 22.6 Å². The summed E-state index contributed by atoms with van der Waals surface area (Å²) in [6.45, 7) is 1.72. The lowest BCUT2D eigenvalue weighted by Gasteiger charge is -2.36. The standard InChI is InChI=1S/C17H32N6O3/c1-21(2)9-13-10-23(20-19-13)8-7-14-5-6-15(16(12-24)26-14)18-17(25)11-22(3)4/h10,14-16,24H,5-9,11-12H2,1-4H3,(H,18,25)/t14-,15-,16-/m0/s1. The van der Waals surface area contributed by atoms with Gasteiger partial charge in [-0.3, -0.25) is 9.48 Å². The van der Waals surface area contributed by atoms with E-state index in [0.717, 1.165) is 38.0 Å². The molecule has 0 aliphatic carbocycles. The molecule has 0 saturated carbocycles. The van der Waals surface area contributed by atoms with Gasteiger partial charge in [0.25, 0.3) is 0 Å². The van der Waals surface area contributed by atoms with Crippen LogP contribution in [0.1, 0.15) is 25.0 Å². The van der Waals surface area contributed by atoms with Crippen LogP contribution in [0.5, 0.6) is 0 Å². The summed E-state index contributed by atoms with van der Waals surface area (Å²) in [5.74, 6) is -0.0449. The molecule has 3 atom stereocenters. The van der Waals surface area contributed by atoms with Crippen molar-refractivity contribution in [2.24, 2.45) is 0 Å². The highest BCUT2D eigenvalue weighted by molar-refractivity contribution is 5.78. The number of aliphatic hydroxyl groups excluding tert-OH is 1. The van der Waals surface area contributed by atoms with Crippen molar-refractivity contribution < 1.29 is 14.6 Å². The molecule has 1 aromatic rings. The van der Waals surface area contributed by atoms with Gasteiger partial charge in [-0.25, -0.2) is 0 Å². The van der Waals surface area contributed by atoms with Gasteiger partial charge in [-0.05, 0) is 47.5 Å². The number of aryl methyl sites for hydroxylation is 1. The Kier molecular flexibility index (Phi) is 7.95. The second-order valence-electron chi connectivity index (χ2n) is 7.47. The number of amides is 1. The number of likely N-dealkylation sites (N-methyl/N-ethyl adjacent to an activating group) is 1. The SMILES string of the molecule is CN(C)CC(=O)N[C@H]1CC[C@@H](CCn2cc(CN(C)C)nn2)O[C@H]1CO. The van der Waals surface area contributed by atoms with Gasteiger partial charge in [0.1, 0.15) is 6.10 Å². The first kappa shape index (κ1) is 20.8. The molecule has 2 heterocycles. The summed E-state index contributed by atoms with van der Waals surface area (Å²) in [4.78, 5) is 15.8. The van der Waals surface area contributed by atoms with Crippen LogP contribution < -0.4 is 5.32 Å². The molecular formula is C17H32N6O3. The van der Waals surface area contributed by atoms with Gasteiger partial charge in [0.15, 0.2) is 0 Å². The Hall–Kier alpha value is -1.55. The Balaban J connectivity index is 1.79. The largest absolute Gasteiger partial charge is 0.394 e. The maximum Gasteiger partial charge on any atom is 0.234 e. The van der Waals surface area contributed by atoms with E-state index in [4.69, 9.17) is 4.74 Å². The van der Waals surface area contributed by atoms with E-state index < -0.39 is 0 Å². The van der Waals surface area contributed by atoms with Crippen LogP contribution in [0.25, 0.3) is 0 Å². The Labute approximate surface area is 155 Å². The van der Waals surface area contributed by atoms with Crippen molar-refractivity contribution in [1.82, 2.24) is 30.1 Å². The molecule has 1 aliphatic heterocycles. The van der Waals surface area contributed by atoms with E-state index in [1.165, 1.54) is 0 Å². The molecule has 1 amide bonds. The fourth-order valence-corrected chi connectivity index (χ4v) is 3.17. The van der Waals surface area contributed by atoms with Gasteiger partial charge in [-0.1, -0.05) is 5.21 Å². The van der Waals surface area contributed by atoms with E-state index in [9.17, 15) is 9.90 Å². The molecule has 2 N–H and O–H groups in total. The minimum absolute atomic E-state index is 0.0449. The highest BCUT2D eigenvalue weighted by atomic mass is 16.5. The van der Waals surface area contributed by atoms with Gasteiger partial charge in [0, 0.05) is 19.3 Å². The van der Waals surface area contributed by atoms with Crippen molar-refractivity contribution in [3.63, 3.8) is 0 Å². The van der Waals surface area contributed by atoms with E-state index in [1.54, 1.807) is 0 Å². The molecule has 26 heavy (non-hydrogen) atoms. The number of carbonyl (C=O) groups is 1. The first-order chi connectivity index (χ1) is 12.4. The van der Waals surface area contributed by atoms with E-state index in [0.29, 0.717) is 6.54 Å². The lowest BCUT2D eigenvalue weighted by Crippen LogP contribution is -2.52. The van der Waals surface area contributed by atoms with Gasteiger partial charge in [-0.2, -0.15) is 0 Å². The molecular weight excluding hydrogens is 336 g/mol. The van der Waals surface area contributed by atoms with Crippen molar-refractivity contribution in [2.45, 2.75) is 50.6 Å². The average Bonchev–Trinajstić information content (AvgIpc) is 2.99. The molecule has 0 unspecified atom stereocenters. The molecule has 0 radical (unpaired) electrons. The van der Waals surface area contributed by atoms with E-state index in [1.807, 2.05) is 44.0 Å². The molecule has 1 aliphatic rings. The predicted octanol–water partition coefficient (Wildman–Crippen LogP) is -0.684. The van der Waals surface area contributed by atoms with Crippen molar-refractivity contribution in [1.29, 1.82) is 0 Å². The number of ether oxygens (including phenoxy) is 1. The summed E-state index contributed by atoms with van der Waals surface area (Å²) < 4.78 is 7.83. The first-order valence-electron chi connectivity index (χ1n) is 9.11. The average molecular weight is 368 g/mol. The molecule has 148 valence electrons. The van der Waals surface area contributed by atoms with Crippen molar-refractivity contribution in [2.75, 3.05) is 41.3 Å². The minimum Gasteiger partial charge on any atom is -0.394 e. The molecule has 1 saturated heterocycles. The molecule has 2 rings (SSSR count). The number of aromatic nitrogens is 3. The fraction of sp³-hybridized carbons (Fsp3) is 0.824. The number of nitrogens with zero attached hydrogens (tertiary/aromatic N) is 5. The molecule has 9 nitrogen and oxygen atoms in total. The van der Waals surface area contributed by atoms with Crippen LogP contribution in [0.3, 0.4) is 0 Å². The second kappa shape index (κ2) is 9.96. The highest BCUT2D eigenvalue weighted by Gasteiger charge is 2.31. The quantitative estimate of drug-likeness (QED) is 0.596. The van der Waals surface area contributed by atoms with Crippen LogP contribution in [0.4, 0.5) is 0 Å². The van der Waals surface area contributed by atoms with Crippen LogP contribution >= 0.6 is 0 Å². The van der Waals surface area contributed by atoms with Crippen LogP contribution in [0, 0.1) is 0 Å². The van der Waals surface area contributed by atoms with E-state index >= 15 is 0 Å². The lowest BCUT2D eigenvalue weighted by atomic mass is 9.97. The molecule has 1 fully saturated rings. The Morgan fingerprint density at radius 3 is 2.77 bits per heavy atom. The summed E-state index contributed by atoms with van der Waals surface area (Å²) in [6.07, 6.45) is 4.10. The summed E-state index contributed by atoms with van der Waals surface area (Å²) in [6, 6.07) is -0.137. The Bertz CT molecular complexity index is 562. The zero-order valence-corrected chi connectivity index (χ0v) is 16.3. The summed E-state index contributed by atoms with van der Waals surface area (Å²) in [7, 11) is 7.70. The number of hydrogen-bond acceptors (Lipinski definition) is 7. The maximum absolute atomic E-state index is 11.9. The van der Waals surface area contributed by atoms with Crippen LogP contribution in [-0.4, -0.2) is 95.4 Å². The van der Waals surface area contributed by atoms with E-state index in [-0.39, 0.29) is 30.8 Å². The maximum atomic E-state index is 11.9. The molecule has 1 aromatic heterocycles. The lowest BCUT2D eigenvalue weighted by molar-refractivity contribution is -0.129.